The Morgan fingerprint density at radius 3 is 2.57 bits per heavy atom. The number of halogens is 5. The molecule has 0 fully saturated rings. The molecule has 122 valence electrons. The Balaban J connectivity index is 2.19. The first-order chi connectivity index (χ1) is 10.8. The molecule has 0 atom stereocenters. The van der Waals surface area contributed by atoms with Crippen molar-refractivity contribution >= 4 is 27.5 Å². The standard InChI is InChI=1S/C15H10BrF4NO2/c16-9-5-6-11(17)10(7-9)14(22)21-12-3-1-2-4-13(12)23-8-15(18,19)20/h1-7H,8H2,(H,21,22). The van der Waals surface area contributed by atoms with Crippen molar-refractivity contribution in [2.24, 2.45) is 0 Å². The molecular weight excluding hydrogens is 382 g/mol. The minimum Gasteiger partial charge on any atom is -0.482 e. The quantitative estimate of drug-likeness (QED) is 0.761. The van der Waals surface area contributed by atoms with Gasteiger partial charge >= 0.3 is 6.18 Å². The largest absolute Gasteiger partial charge is 0.482 e. The lowest BCUT2D eigenvalue weighted by atomic mass is 10.2. The van der Waals surface area contributed by atoms with Crippen molar-refractivity contribution in [2.45, 2.75) is 6.18 Å². The van der Waals surface area contributed by atoms with Gasteiger partial charge in [-0.1, -0.05) is 28.1 Å². The first-order valence-corrected chi connectivity index (χ1v) is 7.10. The van der Waals surface area contributed by atoms with E-state index in [0.29, 0.717) is 4.47 Å². The van der Waals surface area contributed by atoms with E-state index in [-0.39, 0.29) is 17.0 Å². The van der Waals surface area contributed by atoms with Crippen LogP contribution in [0.3, 0.4) is 0 Å². The molecule has 1 N–H and O–H groups in total. The van der Waals surface area contributed by atoms with E-state index < -0.39 is 24.5 Å². The second kappa shape index (κ2) is 6.99. The molecule has 3 nitrogen and oxygen atoms in total. The van der Waals surface area contributed by atoms with E-state index in [1.165, 1.54) is 36.4 Å². The predicted octanol–water partition coefficient (Wildman–Crippen LogP) is 4.78. The van der Waals surface area contributed by atoms with E-state index in [4.69, 9.17) is 0 Å². The Kier molecular flexibility index (Phi) is 5.25. The van der Waals surface area contributed by atoms with E-state index >= 15 is 0 Å². The van der Waals surface area contributed by atoms with E-state index in [0.717, 1.165) is 6.07 Å². The van der Waals surface area contributed by atoms with Gasteiger partial charge in [-0.25, -0.2) is 4.39 Å². The second-order valence-corrected chi connectivity index (χ2v) is 5.39. The molecule has 0 bridgehead atoms. The van der Waals surface area contributed by atoms with Crippen LogP contribution in [0.2, 0.25) is 0 Å². The summed E-state index contributed by atoms with van der Waals surface area (Å²) in [6, 6.07) is 9.40. The molecule has 2 rings (SSSR count). The molecule has 2 aromatic rings. The summed E-state index contributed by atoms with van der Waals surface area (Å²) in [5, 5.41) is 2.34. The summed E-state index contributed by atoms with van der Waals surface area (Å²) in [5.74, 6) is -1.71. The Morgan fingerprint density at radius 2 is 1.87 bits per heavy atom. The molecule has 1 amide bonds. The molecule has 0 radical (unpaired) electrons. The van der Waals surface area contributed by atoms with Crippen LogP contribution in [0.15, 0.2) is 46.9 Å². The first kappa shape index (κ1) is 17.3. The van der Waals surface area contributed by atoms with Gasteiger partial charge in [-0.15, -0.1) is 0 Å². The van der Waals surface area contributed by atoms with Crippen LogP contribution in [0.25, 0.3) is 0 Å². The number of hydrogen-bond donors (Lipinski definition) is 1. The van der Waals surface area contributed by atoms with Gasteiger partial charge in [0.1, 0.15) is 11.6 Å². The topological polar surface area (TPSA) is 38.3 Å². The van der Waals surface area contributed by atoms with Gasteiger partial charge in [0.2, 0.25) is 0 Å². The fraction of sp³-hybridized carbons (Fsp3) is 0.133. The van der Waals surface area contributed by atoms with Gasteiger partial charge in [-0.2, -0.15) is 13.2 Å². The van der Waals surface area contributed by atoms with Crippen LogP contribution in [0.5, 0.6) is 5.75 Å². The Labute approximate surface area is 137 Å². The van der Waals surface area contributed by atoms with Crippen molar-refractivity contribution in [2.75, 3.05) is 11.9 Å². The fourth-order valence-electron chi connectivity index (χ4n) is 1.72. The highest BCUT2D eigenvalue weighted by Crippen LogP contribution is 2.27. The third kappa shape index (κ3) is 4.95. The lowest BCUT2D eigenvalue weighted by Crippen LogP contribution is -2.20. The molecule has 0 unspecified atom stereocenters. The average molecular weight is 392 g/mol. The van der Waals surface area contributed by atoms with Gasteiger partial charge in [-0.05, 0) is 30.3 Å². The molecule has 0 aliphatic carbocycles. The highest BCUT2D eigenvalue weighted by molar-refractivity contribution is 9.10. The van der Waals surface area contributed by atoms with Crippen LogP contribution in [0.1, 0.15) is 10.4 Å². The molecule has 0 aromatic heterocycles. The molecule has 0 spiro atoms. The van der Waals surface area contributed by atoms with Crippen molar-refractivity contribution < 1.29 is 27.1 Å². The summed E-state index contributed by atoms with van der Waals surface area (Å²) < 4.78 is 55.5. The minimum atomic E-state index is -4.51. The maximum absolute atomic E-state index is 13.7. The van der Waals surface area contributed by atoms with Crippen molar-refractivity contribution in [1.82, 2.24) is 0 Å². The van der Waals surface area contributed by atoms with Crippen LogP contribution < -0.4 is 10.1 Å². The second-order valence-electron chi connectivity index (χ2n) is 4.48. The molecule has 8 heteroatoms. The number of para-hydroxylation sites is 2. The number of amides is 1. The monoisotopic (exact) mass is 391 g/mol. The van der Waals surface area contributed by atoms with E-state index in [2.05, 4.69) is 26.0 Å². The van der Waals surface area contributed by atoms with Gasteiger partial charge < -0.3 is 10.1 Å². The Morgan fingerprint density at radius 1 is 1.17 bits per heavy atom. The summed E-state index contributed by atoms with van der Waals surface area (Å²) in [4.78, 5) is 12.1. The fourth-order valence-corrected chi connectivity index (χ4v) is 2.08. The Hall–Kier alpha value is -2.09. The van der Waals surface area contributed by atoms with Crippen LogP contribution in [-0.4, -0.2) is 18.7 Å². The summed E-state index contributed by atoms with van der Waals surface area (Å²) in [5.41, 5.74) is -0.230. The van der Waals surface area contributed by atoms with Gasteiger partial charge in [0, 0.05) is 4.47 Å². The zero-order valence-corrected chi connectivity index (χ0v) is 13.0. The van der Waals surface area contributed by atoms with Gasteiger partial charge in [0.25, 0.3) is 5.91 Å². The zero-order chi connectivity index (χ0) is 17.0. The molecule has 0 aliphatic heterocycles. The lowest BCUT2D eigenvalue weighted by Gasteiger charge is -2.14. The molecular formula is C15H10BrF4NO2. The van der Waals surface area contributed by atoms with E-state index in [1.54, 1.807) is 0 Å². The lowest BCUT2D eigenvalue weighted by molar-refractivity contribution is -0.153. The molecule has 0 aliphatic rings. The highest BCUT2D eigenvalue weighted by Gasteiger charge is 2.29. The van der Waals surface area contributed by atoms with Gasteiger partial charge in [-0.3, -0.25) is 4.79 Å². The number of rotatable bonds is 4. The van der Waals surface area contributed by atoms with Crippen molar-refractivity contribution in [3.05, 3.63) is 58.3 Å². The summed E-state index contributed by atoms with van der Waals surface area (Å²) in [7, 11) is 0. The normalized spacial score (nSPS) is 11.2. The smallest absolute Gasteiger partial charge is 0.422 e. The average Bonchev–Trinajstić information content (AvgIpc) is 2.48. The van der Waals surface area contributed by atoms with Crippen LogP contribution in [0, 0.1) is 5.82 Å². The molecule has 0 saturated carbocycles. The minimum absolute atomic E-state index is 0.0149. The summed E-state index contributed by atoms with van der Waals surface area (Å²) in [6.45, 7) is -1.49. The molecule has 2 aromatic carbocycles. The number of carbonyl (C=O) groups excluding carboxylic acids is 1. The highest BCUT2D eigenvalue weighted by atomic mass is 79.9. The number of nitrogens with one attached hydrogen (secondary N) is 1. The SMILES string of the molecule is O=C(Nc1ccccc1OCC(F)(F)F)c1cc(Br)ccc1F. The molecule has 0 heterocycles. The third-order valence-corrected chi connectivity index (χ3v) is 3.19. The van der Waals surface area contributed by atoms with Crippen molar-refractivity contribution in [1.29, 1.82) is 0 Å². The zero-order valence-electron chi connectivity index (χ0n) is 11.5. The van der Waals surface area contributed by atoms with Gasteiger partial charge in [0.05, 0.1) is 11.3 Å². The predicted molar refractivity (Wildman–Crippen MR) is 80.0 cm³/mol. The number of hydrogen-bond acceptors (Lipinski definition) is 2. The third-order valence-electron chi connectivity index (χ3n) is 2.70. The van der Waals surface area contributed by atoms with Crippen molar-refractivity contribution in [3.63, 3.8) is 0 Å². The number of ether oxygens (including phenoxy) is 1. The summed E-state index contributed by atoms with van der Waals surface area (Å²) in [6.07, 6.45) is -4.51. The van der Waals surface area contributed by atoms with E-state index in [1.807, 2.05) is 0 Å². The van der Waals surface area contributed by atoms with Crippen LogP contribution in [-0.2, 0) is 0 Å². The first-order valence-electron chi connectivity index (χ1n) is 6.31. The molecule has 0 saturated heterocycles. The van der Waals surface area contributed by atoms with Crippen LogP contribution >= 0.6 is 15.9 Å². The maximum atomic E-state index is 13.7. The van der Waals surface area contributed by atoms with Crippen LogP contribution in [0.4, 0.5) is 23.2 Å². The number of carbonyl (C=O) groups is 1. The number of alkyl halides is 3. The molecule has 23 heavy (non-hydrogen) atoms. The number of benzene rings is 2. The van der Waals surface area contributed by atoms with Crippen molar-refractivity contribution in [3.8, 4) is 5.75 Å². The van der Waals surface area contributed by atoms with E-state index in [9.17, 15) is 22.4 Å². The number of anilines is 1. The Bertz CT molecular complexity index is 719. The maximum Gasteiger partial charge on any atom is 0.422 e. The van der Waals surface area contributed by atoms with Gasteiger partial charge in [0.15, 0.2) is 6.61 Å². The summed E-state index contributed by atoms with van der Waals surface area (Å²) >= 11 is 3.11.